The molecule has 9 heteroatoms. The second kappa shape index (κ2) is 22.5. The second-order valence-electron chi connectivity index (χ2n) is 0.759. The molecule has 0 heterocycles. The van der Waals surface area contributed by atoms with Crippen molar-refractivity contribution < 1.29 is 42.9 Å². The number of rotatable bonds is 0. The fourth-order valence-electron chi connectivity index (χ4n) is 0. The zero-order chi connectivity index (χ0) is 10.7. The summed E-state index contributed by atoms with van der Waals surface area (Å²) in [6.45, 7) is 0. The maximum atomic E-state index is 9.92. The summed E-state index contributed by atoms with van der Waals surface area (Å²) < 4.78 is 29.8. The molecule has 0 fully saturated rings. The summed E-state index contributed by atoms with van der Waals surface area (Å²) in [5.74, 6) is 0. The van der Waals surface area contributed by atoms with Crippen LogP contribution in [0, 0.1) is 0 Å². The molecule has 0 aromatic heterocycles. The molecule has 0 radical (unpaired) electrons. The highest BCUT2D eigenvalue weighted by atomic mass is 19.2. The third kappa shape index (κ3) is 266. The molecule has 0 saturated heterocycles. The molecule has 0 aliphatic heterocycles. The lowest BCUT2D eigenvalue weighted by molar-refractivity contribution is 0.167. The summed E-state index contributed by atoms with van der Waals surface area (Å²) in [6.07, 6.45) is -7.00. The molecule has 0 amide bonds. The minimum absolute atomic E-state index is 0. The van der Waals surface area contributed by atoms with Crippen LogP contribution in [-0.2, 0) is 0 Å². The van der Waals surface area contributed by atoms with E-state index in [0.717, 1.165) is 0 Å². The molecule has 0 aliphatic rings. The lowest BCUT2D eigenvalue weighted by Crippen LogP contribution is -1.69. The average molecular weight is 224 g/mol. The van der Waals surface area contributed by atoms with Gasteiger partial charge >= 0.3 is 18.7 Å². The number of carbonyl (C=O) groups is 3. The molecule has 0 unspecified atom stereocenters. The topological polar surface area (TPSA) is 112 Å². The first kappa shape index (κ1) is 29.5. The van der Waals surface area contributed by atoms with Gasteiger partial charge in [0.2, 0.25) is 0 Å². The van der Waals surface area contributed by atoms with E-state index in [-0.39, 0.29) is 14.9 Å². The van der Waals surface area contributed by atoms with Crippen LogP contribution in [0.15, 0.2) is 0 Å². The van der Waals surface area contributed by atoms with Crippen LogP contribution in [0.5, 0.6) is 0 Å². The first-order valence-electron chi connectivity index (χ1n) is 1.85. The predicted molar refractivity (Wildman–Crippen MR) is 40.9 cm³/mol. The fourth-order valence-corrected chi connectivity index (χ4v) is 0. The highest BCUT2D eigenvalue weighted by Crippen LogP contribution is 1.59. The van der Waals surface area contributed by atoms with Crippen molar-refractivity contribution in [3.63, 3.8) is 0 Å². The van der Waals surface area contributed by atoms with Crippen molar-refractivity contribution in [2.24, 2.45) is 0 Å². The summed E-state index contributed by atoms with van der Waals surface area (Å²) >= 11 is 0. The van der Waals surface area contributed by atoms with Gasteiger partial charge in [0.25, 0.3) is 0 Å². The second-order valence-corrected chi connectivity index (χ2v) is 0.759. The highest BCUT2D eigenvalue weighted by molar-refractivity contribution is 5.55. The monoisotopic (exact) mass is 224 g/mol. The Morgan fingerprint density at radius 3 is 0.643 bits per heavy atom. The lowest BCUT2D eigenvalue weighted by atomic mass is 11.5. The van der Waals surface area contributed by atoms with Crippen molar-refractivity contribution in [2.75, 3.05) is 0 Å². The number of carboxylic acid groups (broad SMARTS) is 3. The summed E-state index contributed by atoms with van der Waals surface area (Å²) in [6, 6.07) is 0. The molecule has 0 aromatic rings. The summed E-state index contributed by atoms with van der Waals surface area (Å²) in [4.78, 5) is 25.0. The first-order valence-corrected chi connectivity index (χ1v) is 1.85. The van der Waals surface area contributed by atoms with Crippen LogP contribution < -0.4 is 0 Å². The van der Waals surface area contributed by atoms with E-state index in [2.05, 4.69) is 0 Å². The summed E-state index contributed by atoms with van der Waals surface area (Å²) in [5, 5.41) is 20.2. The number of halogens is 3. The SMILES string of the molecule is C.C.O=C(O)F.O=C(O)F.O=C(O)F. The Hall–Kier alpha value is -1.80. The molecule has 0 bridgehead atoms. The molecule has 0 aliphatic carbocycles. The van der Waals surface area contributed by atoms with E-state index >= 15 is 0 Å². The van der Waals surface area contributed by atoms with Crippen LogP contribution in [0.25, 0.3) is 0 Å². The zero-order valence-electron chi connectivity index (χ0n) is 5.20. The normalized spacial score (nSPS) is 5.36. The van der Waals surface area contributed by atoms with Gasteiger partial charge in [0.05, 0.1) is 0 Å². The molecule has 88 valence electrons. The van der Waals surface area contributed by atoms with Gasteiger partial charge in [-0.25, -0.2) is 14.4 Å². The smallest absolute Gasteiger partial charge is 0.456 e. The van der Waals surface area contributed by atoms with Gasteiger partial charge in [0, 0.05) is 0 Å². The third-order valence-electron chi connectivity index (χ3n) is 0. The Morgan fingerprint density at radius 2 is 0.643 bits per heavy atom. The van der Waals surface area contributed by atoms with E-state index in [4.69, 9.17) is 29.7 Å². The highest BCUT2D eigenvalue weighted by Gasteiger charge is 1.75. The molecule has 6 nitrogen and oxygen atoms in total. The van der Waals surface area contributed by atoms with Gasteiger partial charge in [-0.2, -0.15) is 0 Å². The van der Waals surface area contributed by atoms with E-state index < -0.39 is 18.7 Å². The van der Waals surface area contributed by atoms with Crippen molar-refractivity contribution >= 4 is 18.7 Å². The molecular weight excluding hydrogens is 213 g/mol. The van der Waals surface area contributed by atoms with E-state index in [1.807, 2.05) is 0 Å². The van der Waals surface area contributed by atoms with Gasteiger partial charge in [-0.3, -0.25) is 0 Å². The van der Waals surface area contributed by atoms with Crippen LogP contribution in [-0.4, -0.2) is 34.0 Å². The van der Waals surface area contributed by atoms with Gasteiger partial charge in [0.1, 0.15) is 0 Å². The summed E-state index contributed by atoms with van der Waals surface area (Å²) in [7, 11) is 0. The lowest BCUT2D eigenvalue weighted by Gasteiger charge is -1.53. The van der Waals surface area contributed by atoms with Gasteiger partial charge < -0.3 is 15.3 Å². The van der Waals surface area contributed by atoms with Crippen molar-refractivity contribution in [2.45, 2.75) is 14.9 Å². The third-order valence-corrected chi connectivity index (χ3v) is 0. The van der Waals surface area contributed by atoms with Crippen molar-refractivity contribution in [3.05, 3.63) is 0 Å². The molecular formula is C5H11F3O6. The zero-order valence-corrected chi connectivity index (χ0v) is 5.20. The fraction of sp³-hybridized carbons (Fsp3) is 0.400. The standard InChI is InChI=1S/3CHFO2.2CH4/c3*2-1(3)4;;/h3*(H,3,4);2*1H4. The van der Waals surface area contributed by atoms with E-state index in [1.165, 1.54) is 0 Å². The van der Waals surface area contributed by atoms with Gasteiger partial charge in [-0.05, 0) is 0 Å². The van der Waals surface area contributed by atoms with Crippen molar-refractivity contribution in [3.8, 4) is 0 Å². The van der Waals surface area contributed by atoms with Crippen molar-refractivity contribution in [1.82, 2.24) is 0 Å². The molecule has 0 atom stereocenters. The molecule has 3 N–H and O–H groups in total. The van der Waals surface area contributed by atoms with Gasteiger partial charge in [-0.1, -0.05) is 14.9 Å². The van der Waals surface area contributed by atoms with Crippen LogP contribution in [0.4, 0.5) is 27.6 Å². The minimum Gasteiger partial charge on any atom is -0.456 e. The van der Waals surface area contributed by atoms with E-state index in [9.17, 15) is 13.2 Å². The summed E-state index contributed by atoms with van der Waals surface area (Å²) in [5.41, 5.74) is 0. The number of hydrogen-bond acceptors (Lipinski definition) is 3. The first-order chi connectivity index (χ1) is 5.20. The van der Waals surface area contributed by atoms with Gasteiger partial charge in [-0.15, -0.1) is 13.2 Å². The Bertz CT molecular complexity index is 119. The number of hydrogen-bond donors (Lipinski definition) is 3. The predicted octanol–water partition coefficient (Wildman–Crippen LogP) is 3.17. The average Bonchev–Trinajstić information content (AvgIpc) is 1.54. The van der Waals surface area contributed by atoms with Crippen LogP contribution >= 0.6 is 0 Å². The Morgan fingerprint density at radius 1 is 0.643 bits per heavy atom. The largest absolute Gasteiger partial charge is 0.492 e. The van der Waals surface area contributed by atoms with Crippen LogP contribution in [0.3, 0.4) is 0 Å². The maximum absolute atomic E-state index is 9.92. The Labute approximate surface area is 77.6 Å². The van der Waals surface area contributed by atoms with E-state index in [1.54, 1.807) is 0 Å². The molecule has 0 spiro atoms. The van der Waals surface area contributed by atoms with E-state index in [0.29, 0.717) is 0 Å². The quantitative estimate of drug-likeness (QED) is 0.544. The Balaban J connectivity index is -0.0000000270. The molecule has 0 saturated carbocycles. The van der Waals surface area contributed by atoms with Crippen molar-refractivity contribution in [1.29, 1.82) is 0 Å². The van der Waals surface area contributed by atoms with Crippen LogP contribution in [0.2, 0.25) is 0 Å². The molecule has 0 aromatic carbocycles. The maximum Gasteiger partial charge on any atom is 0.492 e. The Kier molecular flexibility index (Phi) is 47.4. The van der Waals surface area contributed by atoms with Crippen LogP contribution in [0.1, 0.15) is 14.9 Å². The van der Waals surface area contributed by atoms with Gasteiger partial charge in [0.15, 0.2) is 0 Å². The molecule has 0 rings (SSSR count). The minimum atomic E-state index is -2.33. The molecule has 14 heavy (non-hydrogen) atoms.